The second kappa shape index (κ2) is 10.5. The van der Waals surface area contributed by atoms with Gasteiger partial charge in [0.15, 0.2) is 0 Å². The van der Waals surface area contributed by atoms with Crippen molar-refractivity contribution in [3.05, 3.63) is 106 Å². The Morgan fingerprint density at radius 1 is 0.875 bits per heavy atom. The number of pyridine rings is 1. The van der Waals surface area contributed by atoms with Gasteiger partial charge in [-0.1, -0.05) is 18.2 Å². The zero-order chi connectivity index (χ0) is 27.9. The number of fused-ring (bicyclic) bond motifs is 1. The van der Waals surface area contributed by atoms with Crippen molar-refractivity contribution >= 4 is 22.9 Å². The smallest absolute Gasteiger partial charge is 0.335 e. The summed E-state index contributed by atoms with van der Waals surface area (Å²) in [5.74, 6) is -0.324. The van der Waals surface area contributed by atoms with Crippen LogP contribution in [-0.2, 0) is 12.7 Å². The minimum atomic E-state index is -4.44. The number of nitrogens with zero attached hydrogens (tertiary/aromatic N) is 4. The summed E-state index contributed by atoms with van der Waals surface area (Å²) in [4.78, 5) is 22.4. The maximum absolute atomic E-state index is 13.7. The Kier molecular flexibility index (Phi) is 6.89. The van der Waals surface area contributed by atoms with E-state index in [1.807, 2.05) is 26.8 Å². The van der Waals surface area contributed by atoms with E-state index >= 15 is 0 Å². The van der Waals surface area contributed by atoms with Gasteiger partial charge in [-0.05, 0) is 71.1 Å². The summed E-state index contributed by atoms with van der Waals surface area (Å²) in [5, 5.41) is 1.89. The number of benzene rings is 2. The Morgan fingerprint density at radius 2 is 1.62 bits per heavy atom. The fourth-order valence-electron chi connectivity index (χ4n) is 5.01. The molecular formula is C30H24F4N4OS. The first-order valence-electron chi connectivity index (χ1n) is 12.8. The van der Waals surface area contributed by atoms with Gasteiger partial charge in [0.2, 0.25) is 0 Å². The predicted molar refractivity (Wildman–Crippen MR) is 147 cm³/mol. The average molecular weight is 565 g/mol. The number of carbonyl (C=O) groups excluding carboxylic acids is 1. The van der Waals surface area contributed by atoms with Crippen molar-refractivity contribution in [2.75, 3.05) is 26.2 Å². The second-order valence-electron chi connectivity index (χ2n) is 9.68. The molecule has 0 spiro atoms. The van der Waals surface area contributed by atoms with Crippen molar-refractivity contribution < 1.29 is 22.4 Å². The molecule has 0 bridgehead atoms. The molecule has 40 heavy (non-hydrogen) atoms. The zero-order valence-corrected chi connectivity index (χ0v) is 22.1. The summed E-state index contributed by atoms with van der Waals surface area (Å²) in [6, 6.07) is 18.6. The molecule has 0 radical (unpaired) electrons. The van der Waals surface area contributed by atoms with E-state index in [0.717, 1.165) is 28.3 Å². The molecule has 204 valence electrons. The molecule has 3 aromatic heterocycles. The number of alkyl halides is 3. The molecule has 0 saturated carbocycles. The number of piperazine rings is 1. The molecule has 0 N–H and O–H groups in total. The fourth-order valence-corrected chi connectivity index (χ4v) is 5.70. The van der Waals surface area contributed by atoms with Gasteiger partial charge in [-0.25, -0.2) is 9.37 Å². The number of imidazole rings is 1. The van der Waals surface area contributed by atoms with E-state index < -0.39 is 11.7 Å². The molecular weight excluding hydrogens is 540 g/mol. The van der Waals surface area contributed by atoms with Crippen LogP contribution in [0.5, 0.6) is 0 Å². The minimum absolute atomic E-state index is 0.0298. The monoisotopic (exact) mass is 564 g/mol. The number of carbonyl (C=O) groups is 1. The summed E-state index contributed by atoms with van der Waals surface area (Å²) in [7, 11) is 0. The molecule has 6 rings (SSSR count). The van der Waals surface area contributed by atoms with Crippen LogP contribution in [0.4, 0.5) is 17.6 Å². The number of hydrogen-bond acceptors (Lipinski definition) is 4. The molecule has 0 unspecified atom stereocenters. The second-order valence-corrected chi connectivity index (χ2v) is 10.6. The van der Waals surface area contributed by atoms with Crippen LogP contribution in [-0.4, -0.2) is 51.3 Å². The van der Waals surface area contributed by atoms with Crippen molar-refractivity contribution in [1.82, 2.24) is 19.2 Å². The molecule has 5 aromatic rings. The average Bonchev–Trinajstić information content (AvgIpc) is 3.62. The maximum atomic E-state index is 13.7. The minimum Gasteiger partial charge on any atom is -0.335 e. The molecule has 0 atom stereocenters. The highest BCUT2D eigenvalue weighted by atomic mass is 32.1. The van der Waals surface area contributed by atoms with Crippen molar-refractivity contribution in [2.24, 2.45) is 0 Å². The predicted octanol–water partition coefficient (Wildman–Crippen LogP) is 6.85. The lowest BCUT2D eigenvalue weighted by atomic mass is 10.0. The lowest BCUT2D eigenvalue weighted by molar-refractivity contribution is -0.137. The van der Waals surface area contributed by atoms with Crippen LogP contribution in [0.2, 0.25) is 0 Å². The van der Waals surface area contributed by atoms with Crippen LogP contribution < -0.4 is 0 Å². The van der Waals surface area contributed by atoms with Gasteiger partial charge in [0.25, 0.3) is 5.91 Å². The summed E-state index contributed by atoms with van der Waals surface area (Å²) in [6.07, 6.45) is -2.64. The van der Waals surface area contributed by atoms with Crippen molar-refractivity contribution in [3.8, 4) is 22.4 Å². The highest BCUT2D eigenvalue weighted by Crippen LogP contribution is 2.33. The molecule has 1 fully saturated rings. The van der Waals surface area contributed by atoms with Gasteiger partial charge >= 0.3 is 6.18 Å². The Bertz CT molecular complexity index is 1650. The van der Waals surface area contributed by atoms with E-state index in [9.17, 15) is 22.4 Å². The Morgan fingerprint density at radius 3 is 2.33 bits per heavy atom. The van der Waals surface area contributed by atoms with E-state index in [2.05, 4.69) is 4.90 Å². The van der Waals surface area contributed by atoms with Crippen molar-refractivity contribution in [3.63, 3.8) is 0 Å². The first-order valence-corrected chi connectivity index (χ1v) is 13.6. The van der Waals surface area contributed by atoms with Crippen LogP contribution in [0, 0.1) is 5.82 Å². The quantitative estimate of drug-likeness (QED) is 0.220. The number of amides is 1. The van der Waals surface area contributed by atoms with E-state index in [1.54, 1.807) is 36.5 Å². The molecule has 0 aliphatic carbocycles. The Balaban J connectivity index is 1.34. The van der Waals surface area contributed by atoms with Gasteiger partial charge in [0.05, 0.1) is 21.8 Å². The van der Waals surface area contributed by atoms with E-state index in [-0.39, 0.29) is 11.7 Å². The highest BCUT2D eigenvalue weighted by molar-refractivity contribution is 7.12. The molecule has 1 amide bonds. The van der Waals surface area contributed by atoms with Crippen LogP contribution in [0.15, 0.2) is 84.4 Å². The Labute approximate surface area is 231 Å². The van der Waals surface area contributed by atoms with Gasteiger partial charge in [-0.15, -0.1) is 11.3 Å². The lowest BCUT2D eigenvalue weighted by Crippen LogP contribution is -2.48. The van der Waals surface area contributed by atoms with Gasteiger partial charge in [0.1, 0.15) is 11.5 Å². The standard InChI is InChI=1S/C30H24F4N4OS/c31-24-9-6-20(7-10-24)28-25(19-36-12-14-37(15-13-36)29(39)26-5-2-16-40-26)38-18-22(8-11-27(38)35-28)21-3-1-4-23(17-21)30(32,33)34/h1-11,16-18H,12-15,19H2. The summed E-state index contributed by atoms with van der Waals surface area (Å²) in [6.45, 7) is 2.96. The molecule has 5 nitrogen and oxygen atoms in total. The third kappa shape index (κ3) is 5.24. The number of halogens is 4. The van der Waals surface area contributed by atoms with E-state index in [4.69, 9.17) is 4.98 Å². The van der Waals surface area contributed by atoms with Gasteiger partial charge < -0.3 is 9.30 Å². The maximum Gasteiger partial charge on any atom is 0.416 e. The molecule has 1 saturated heterocycles. The SMILES string of the molecule is O=C(c1cccs1)N1CCN(Cc2c(-c3ccc(F)cc3)nc3ccc(-c4cccc(C(F)(F)F)c4)cn23)CC1. The molecule has 1 aliphatic rings. The highest BCUT2D eigenvalue weighted by Gasteiger charge is 2.30. The fraction of sp³-hybridized carbons (Fsp3) is 0.200. The number of thiophene rings is 1. The van der Waals surface area contributed by atoms with E-state index in [1.165, 1.54) is 29.5 Å². The molecule has 2 aromatic carbocycles. The third-order valence-electron chi connectivity index (χ3n) is 7.12. The van der Waals surface area contributed by atoms with Crippen molar-refractivity contribution in [2.45, 2.75) is 12.7 Å². The van der Waals surface area contributed by atoms with Gasteiger partial charge in [0, 0.05) is 44.5 Å². The van der Waals surface area contributed by atoms with Crippen molar-refractivity contribution in [1.29, 1.82) is 0 Å². The third-order valence-corrected chi connectivity index (χ3v) is 7.98. The summed E-state index contributed by atoms with van der Waals surface area (Å²) >= 11 is 1.43. The normalized spacial score (nSPS) is 14.7. The van der Waals surface area contributed by atoms with Crippen LogP contribution in [0.3, 0.4) is 0 Å². The Hall–Kier alpha value is -4.02. The molecule has 10 heteroatoms. The van der Waals surface area contributed by atoms with Gasteiger partial charge in [-0.2, -0.15) is 13.2 Å². The molecule has 4 heterocycles. The molecule has 1 aliphatic heterocycles. The van der Waals surface area contributed by atoms with E-state index in [0.29, 0.717) is 55.2 Å². The summed E-state index contributed by atoms with van der Waals surface area (Å²) in [5.41, 5.74) is 3.25. The van der Waals surface area contributed by atoms with Crippen LogP contribution >= 0.6 is 11.3 Å². The first kappa shape index (κ1) is 26.2. The van der Waals surface area contributed by atoms with Crippen LogP contribution in [0.1, 0.15) is 20.9 Å². The lowest BCUT2D eigenvalue weighted by Gasteiger charge is -2.34. The number of hydrogen-bond donors (Lipinski definition) is 0. The zero-order valence-electron chi connectivity index (χ0n) is 21.2. The van der Waals surface area contributed by atoms with Crippen LogP contribution in [0.25, 0.3) is 28.0 Å². The first-order chi connectivity index (χ1) is 19.3. The number of rotatable bonds is 5. The summed E-state index contributed by atoms with van der Waals surface area (Å²) < 4.78 is 55.7. The number of aromatic nitrogens is 2. The van der Waals surface area contributed by atoms with Gasteiger partial charge in [-0.3, -0.25) is 9.69 Å². The largest absolute Gasteiger partial charge is 0.416 e. The topological polar surface area (TPSA) is 40.9 Å².